The summed E-state index contributed by atoms with van der Waals surface area (Å²) in [4.78, 5) is 13.0. The van der Waals surface area contributed by atoms with E-state index in [1.54, 1.807) is 0 Å². The van der Waals surface area contributed by atoms with Crippen molar-refractivity contribution >= 4 is 33.0 Å². The van der Waals surface area contributed by atoms with E-state index >= 15 is 0 Å². The fraction of sp³-hybridized carbons (Fsp3) is 0.429. The Labute approximate surface area is 125 Å². The van der Waals surface area contributed by atoms with E-state index in [9.17, 15) is 4.79 Å². The van der Waals surface area contributed by atoms with Crippen molar-refractivity contribution in [3.05, 3.63) is 38.3 Å². The first kappa shape index (κ1) is 14.5. The lowest BCUT2D eigenvalue weighted by molar-refractivity contribution is 0.0995. The molecule has 2 rings (SSSR count). The van der Waals surface area contributed by atoms with Crippen molar-refractivity contribution in [2.45, 2.75) is 39.7 Å². The van der Waals surface area contributed by atoms with E-state index in [2.05, 4.69) is 34.9 Å². The van der Waals surface area contributed by atoms with E-state index in [0.717, 1.165) is 26.3 Å². The van der Waals surface area contributed by atoms with Gasteiger partial charge >= 0.3 is 0 Å². The molecule has 0 amide bonds. The van der Waals surface area contributed by atoms with Gasteiger partial charge in [0.2, 0.25) is 0 Å². The van der Waals surface area contributed by atoms with Crippen LogP contribution in [-0.2, 0) is 6.42 Å². The Morgan fingerprint density at radius 1 is 1.58 bits per heavy atom. The van der Waals surface area contributed by atoms with Gasteiger partial charge in [0.1, 0.15) is 0 Å². The summed E-state index contributed by atoms with van der Waals surface area (Å²) in [5, 5.41) is 4.46. The minimum Gasteiger partial charge on any atom is -0.293 e. The van der Waals surface area contributed by atoms with Gasteiger partial charge in [0.05, 0.1) is 20.8 Å². The number of carbonyl (C=O) groups is 1. The van der Waals surface area contributed by atoms with Crippen molar-refractivity contribution in [3.8, 4) is 0 Å². The largest absolute Gasteiger partial charge is 0.293 e. The number of halogens is 1. The fourth-order valence-corrected chi connectivity index (χ4v) is 3.23. The molecule has 0 bridgehead atoms. The quantitative estimate of drug-likeness (QED) is 0.755. The lowest BCUT2D eigenvalue weighted by Crippen LogP contribution is -2.07. The highest BCUT2D eigenvalue weighted by molar-refractivity contribution is 9.11. The third kappa shape index (κ3) is 3.34. The predicted molar refractivity (Wildman–Crippen MR) is 82.0 cm³/mol. The van der Waals surface area contributed by atoms with Gasteiger partial charge in [0.25, 0.3) is 0 Å². The summed E-state index contributed by atoms with van der Waals surface area (Å²) >= 11 is 4.94. The molecule has 3 nitrogen and oxygen atoms in total. The number of nitrogens with zero attached hydrogens (tertiary/aromatic N) is 2. The second kappa shape index (κ2) is 6.01. The van der Waals surface area contributed by atoms with Gasteiger partial charge in [-0.25, -0.2) is 0 Å². The third-order valence-electron chi connectivity index (χ3n) is 3.18. The van der Waals surface area contributed by atoms with Crippen LogP contribution in [-0.4, -0.2) is 15.6 Å². The lowest BCUT2D eigenvalue weighted by atomic mass is 10.2. The van der Waals surface area contributed by atoms with Crippen LogP contribution < -0.4 is 0 Å². The van der Waals surface area contributed by atoms with Gasteiger partial charge in [-0.3, -0.25) is 9.48 Å². The van der Waals surface area contributed by atoms with E-state index in [1.807, 2.05) is 29.9 Å². The van der Waals surface area contributed by atoms with E-state index < -0.39 is 0 Å². The summed E-state index contributed by atoms with van der Waals surface area (Å²) in [6.07, 6.45) is 3.36. The maximum absolute atomic E-state index is 12.2. The van der Waals surface area contributed by atoms with Gasteiger partial charge in [-0.05, 0) is 53.9 Å². The summed E-state index contributed by atoms with van der Waals surface area (Å²) in [6, 6.07) is 4.24. The molecule has 5 heteroatoms. The van der Waals surface area contributed by atoms with Gasteiger partial charge in [-0.2, -0.15) is 5.10 Å². The Balaban J connectivity index is 2.08. The van der Waals surface area contributed by atoms with E-state index in [1.165, 1.54) is 11.3 Å². The second-order valence-electron chi connectivity index (χ2n) is 4.71. The number of Topliss-reactive ketones (excluding diaryl/α,β-unsaturated/α-hetero) is 1. The monoisotopic (exact) mass is 340 g/mol. The van der Waals surface area contributed by atoms with Crippen molar-refractivity contribution in [1.82, 2.24) is 9.78 Å². The number of hydrogen-bond acceptors (Lipinski definition) is 3. The molecule has 2 aromatic rings. The number of hydrogen-bond donors (Lipinski definition) is 0. The van der Waals surface area contributed by atoms with Crippen LogP contribution in [0.1, 0.15) is 47.2 Å². The van der Waals surface area contributed by atoms with Crippen molar-refractivity contribution in [1.29, 1.82) is 0 Å². The molecule has 0 aliphatic carbocycles. The normalized spacial score (nSPS) is 12.6. The summed E-state index contributed by atoms with van der Waals surface area (Å²) in [5.74, 6) is 0.133. The highest BCUT2D eigenvalue weighted by Crippen LogP contribution is 2.28. The van der Waals surface area contributed by atoms with Crippen LogP contribution in [0.5, 0.6) is 0 Å². The summed E-state index contributed by atoms with van der Waals surface area (Å²) in [7, 11) is 0. The van der Waals surface area contributed by atoms with Gasteiger partial charge in [-0.15, -0.1) is 11.3 Å². The number of ketones is 1. The number of thiophene rings is 1. The predicted octanol–water partition coefficient (Wildman–Crippen LogP) is 4.41. The molecule has 1 atom stereocenters. The molecule has 0 aromatic carbocycles. The van der Waals surface area contributed by atoms with Crippen LogP contribution >= 0.6 is 27.3 Å². The first-order valence-electron chi connectivity index (χ1n) is 6.34. The molecular formula is C14H17BrN2OS. The smallest absolute Gasteiger partial charge is 0.178 e. The molecule has 2 aromatic heterocycles. The van der Waals surface area contributed by atoms with Crippen molar-refractivity contribution in [2.24, 2.45) is 0 Å². The van der Waals surface area contributed by atoms with Crippen LogP contribution in [0.3, 0.4) is 0 Å². The maximum Gasteiger partial charge on any atom is 0.178 e. The summed E-state index contributed by atoms with van der Waals surface area (Å²) in [6.45, 7) is 6.25. The van der Waals surface area contributed by atoms with Gasteiger partial charge in [-0.1, -0.05) is 6.92 Å². The Hall–Kier alpha value is -0.940. The van der Waals surface area contributed by atoms with Crippen LogP contribution in [0.4, 0.5) is 0 Å². The Bertz CT molecular complexity index is 569. The lowest BCUT2D eigenvalue weighted by Gasteiger charge is -2.07. The SMILES string of the molecule is CCC(C)n1ccc(CC(=O)c2cc(C)c(Br)s2)n1. The minimum atomic E-state index is 0.133. The molecule has 0 aliphatic heterocycles. The molecule has 0 saturated heterocycles. The summed E-state index contributed by atoms with van der Waals surface area (Å²) in [5.41, 5.74) is 1.95. The molecule has 1 unspecified atom stereocenters. The van der Waals surface area contributed by atoms with Gasteiger partial charge < -0.3 is 0 Å². The van der Waals surface area contributed by atoms with Crippen LogP contribution in [0.15, 0.2) is 22.1 Å². The minimum absolute atomic E-state index is 0.133. The highest BCUT2D eigenvalue weighted by atomic mass is 79.9. The molecule has 0 radical (unpaired) electrons. The molecule has 0 aliphatic rings. The van der Waals surface area contributed by atoms with Crippen LogP contribution in [0, 0.1) is 6.92 Å². The van der Waals surface area contributed by atoms with E-state index in [4.69, 9.17) is 0 Å². The molecule has 2 heterocycles. The van der Waals surface area contributed by atoms with Crippen molar-refractivity contribution in [3.63, 3.8) is 0 Å². The molecule has 0 N–H and O–H groups in total. The van der Waals surface area contributed by atoms with Crippen LogP contribution in [0.2, 0.25) is 0 Å². The average molecular weight is 341 g/mol. The van der Waals surface area contributed by atoms with Crippen molar-refractivity contribution < 1.29 is 4.79 Å². The number of aromatic nitrogens is 2. The first-order valence-corrected chi connectivity index (χ1v) is 7.95. The molecule has 0 fully saturated rings. The first-order chi connectivity index (χ1) is 9.01. The molecule has 0 spiro atoms. The molecular weight excluding hydrogens is 324 g/mol. The van der Waals surface area contributed by atoms with E-state index in [-0.39, 0.29) is 5.78 Å². The number of carbonyl (C=O) groups excluding carboxylic acids is 1. The molecule has 19 heavy (non-hydrogen) atoms. The Morgan fingerprint density at radius 2 is 2.32 bits per heavy atom. The highest BCUT2D eigenvalue weighted by Gasteiger charge is 2.14. The zero-order valence-electron chi connectivity index (χ0n) is 11.3. The number of aryl methyl sites for hydroxylation is 1. The van der Waals surface area contributed by atoms with Crippen molar-refractivity contribution in [2.75, 3.05) is 0 Å². The standard InChI is InChI=1S/C14H17BrN2OS/c1-4-10(3)17-6-5-11(16-17)8-12(18)13-7-9(2)14(15)19-13/h5-7,10H,4,8H2,1-3H3. The topological polar surface area (TPSA) is 34.9 Å². The second-order valence-corrected chi connectivity index (χ2v) is 7.08. The van der Waals surface area contributed by atoms with Gasteiger partial charge in [0, 0.05) is 12.2 Å². The third-order valence-corrected chi connectivity index (χ3v) is 5.36. The summed E-state index contributed by atoms with van der Waals surface area (Å²) < 4.78 is 2.96. The van der Waals surface area contributed by atoms with Gasteiger partial charge in [0.15, 0.2) is 5.78 Å². The zero-order valence-corrected chi connectivity index (χ0v) is 13.7. The maximum atomic E-state index is 12.2. The Kier molecular flexibility index (Phi) is 4.58. The zero-order chi connectivity index (χ0) is 14.0. The fourth-order valence-electron chi connectivity index (χ4n) is 1.75. The average Bonchev–Trinajstić information content (AvgIpc) is 2.97. The molecule has 0 saturated carbocycles. The van der Waals surface area contributed by atoms with Crippen LogP contribution in [0.25, 0.3) is 0 Å². The Morgan fingerprint density at radius 3 is 2.89 bits per heavy atom. The number of rotatable bonds is 5. The van der Waals surface area contributed by atoms with E-state index in [0.29, 0.717) is 12.5 Å². The molecule has 102 valence electrons.